The van der Waals surface area contributed by atoms with Gasteiger partial charge in [-0.2, -0.15) is 0 Å². The molecule has 4 aromatic rings. The van der Waals surface area contributed by atoms with Crippen LogP contribution in [0.15, 0.2) is 114 Å². The minimum absolute atomic E-state index is 0.241. The first-order valence-corrected chi connectivity index (χ1v) is 18.3. The summed E-state index contributed by atoms with van der Waals surface area (Å²) in [6.07, 6.45) is 2.16. The zero-order valence-electron chi connectivity index (χ0n) is 30.5. The zero-order chi connectivity index (χ0) is 35.8. The van der Waals surface area contributed by atoms with E-state index in [1.165, 1.54) is 10.6 Å². The minimum Gasteiger partial charge on any atom is -0.488 e. The first-order chi connectivity index (χ1) is 23.0. The van der Waals surface area contributed by atoms with E-state index in [1.54, 1.807) is 0 Å². The molecule has 0 aromatic heterocycles. The van der Waals surface area contributed by atoms with Crippen LogP contribution in [-0.4, -0.2) is 41.3 Å². The predicted molar refractivity (Wildman–Crippen MR) is 206 cm³/mol. The number of benzene rings is 4. The van der Waals surface area contributed by atoms with Gasteiger partial charge in [-0.3, -0.25) is 14.6 Å². The molecule has 49 heavy (non-hydrogen) atoms. The van der Waals surface area contributed by atoms with Crippen LogP contribution in [0.25, 0.3) is 0 Å². The quantitative estimate of drug-likeness (QED) is 0.131. The SMILES string of the molecule is CC(C)(C)NC(=O)[C@H](Cc1ccc(OC(C)(C)C)cc1)NC(=O)[C@@H](N=Cc1ccccc1P(c1ccccc1)c1ccccc1)C(C)(C)C. The minimum atomic E-state index is -0.870. The number of amides is 2. The van der Waals surface area contributed by atoms with Gasteiger partial charge < -0.3 is 15.4 Å². The van der Waals surface area contributed by atoms with E-state index < -0.39 is 31.0 Å². The smallest absolute Gasteiger partial charge is 0.245 e. The lowest BCUT2D eigenvalue weighted by Crippen LogP contribution is -2.55. The lowest BCUT2D eigenvalue weighted by atomic mass is 9.86. The molecule has 0 radical (unpaired) electrons. The number of rotatable bonds is 11. The number of hydrogen-bond donors (Lipinski definition) is 2. The normalized spacial score (nSPS) is 13.6. The van der Waals surface area contributed by atoms with Crippen LogP contribution in [0, 0.1) is 5.41 Å². The Hall–Kier alpha value is -4.28. The maximum absolute atomic E-state index is 14.1. The van der Waals surface area contributed by atoms with Gasteiger partial charge in [0.1, 0.15) is 23.4 Å². The van der Waals surface area contributed by atoms with Gasteiger partial charge in [0.2, 0.25) is 11.8 Å². The molecular formula is C42H52N3O3P. The second-order valence-electron chi connectivity index (χ2n) is 15.5. The molecule has 0 saturated heterocycles. The molecule has 6 nitrogen and oxygen atoms in total. The Bertz CT molecular complexity index is 1660. The monoisotopic (exact) mass is 677 g/mol. The molecule has 0 spiro atoms. The molecule has 0 fully saturated rings. The van der Waals surface area contributed by atoms with Crippen LogP contribution in [0.4, 0.5) is 0 Å². The molecule has 2 atom stereocenters. The van der Waals surface area contributed by atoms with Crippen LogP contribution in [0.5, 0.6) is 5.75 Å². The first kappa shape index (κ1) is 37.5. The average Bonchev–Trinajstić information content (AvgIpc) is 3.01. The van der Waals surface area contributed by atoms with Crippen molar-refractivity contribution >= 4 is 41.9 Å². The highest BCUT2D eigenvalue weighted by atomic mass is 31.1. The molecule has 7 heteroatoms. The summed E-state index contributed by atoms with van der Waals surface area (Å²) in [5, 5.41) is 9.77. The Morgan fingerprint density at radius 1 is 0.714 bits per heavy atom. The Morgan fingerprint density at radius 3 is 1.76 bits per heavy atom. The van der Waals surface area contributed by atoms with E-state index in [4.69, 9.17) is 9.73 Å². The summed E-state index contributed by atoms with van der Waals surface area (Å²) in [6, 6.07) is 35.5. The Labute approximate surface area is 294 Å². The molecule has 2 N–H and O–H groups in total. The van der Waals surface area contributed by atoms with Gasteiger partial charge in [0.25, 0.3) is 0 Å². The van der Waals surface area contributed by atoms with Gasteiger partial charge in [0, 0.05) is 23.7 Å². The van der Waals surface area contributed by atoms with Gasteiger partial charge >= 0.3 is 0 Å². The van der Waals surface area contributed by atoms with Crippen molar-refractivity contribution in [2.24, 2.45) is 10.4 Å². The van der Waals surface area contributed by atoms with Crippen LogP contribution in [-0.2, 0) is 16.0 Å². The van der Waals surface area contributed by atoms with E-state index in [1.807, 2.05) is 111 Å². The highest BCUT2D eigenvalue weighted by Gasteiger charge is 2.34. The zero-order valence-corrected chi connectivity index (χ0v) is 31.3. The van der Waals surface area contributed by atoms with Gasteiger partial charge in [-0.05, 0) is 88.5 Å². The van der Waals surface area contributed by atoms with Crippen LogP contribution in [0.2, 0.25) is 0 Å². The molecule has 0 saturated carbocycles. The number of nitrogens with one attached hydrogen (secondary N) is 2. The van der Waals surface area contributed by atoms with Crippen molar-refractivity contribution in [1.82, 2.24) is 10.6 Å². The first-order valence-electron chi connectivity index (χ1n) is 16.9. The van der Waals surface area contributed by atoms with E-state index in [9.17, 15) is 9.59 Å². The average molecular weight is 678 g/mol. The lowest BCUT2D eigenvalue weighted by molar-refractivity contribution is -0.131. The third-order valence-corrected chi connectivity index (χ3v) is 10.1. The summed E-state index contributed by atoms with van der Waals surface area (Å²) >= 11 is 0. The third-order valence-electron chi connectivity index (χ3n) is 7.56. The summed E-state index contributed by atoms with van der Waals surface area (Å²) in [7, 11) is -0.870. The maximum atomic E-state index is 14.1. The predicted octanol–water partition coefficient (Wildman–Crippen LogP) is 7.10. The Kier molecular flexibility index (Phi) is 12.2. The standard InChI is InChI=1S/C42H52N3O3P/c1-40(2,3)37(39(47)44-35(38(46)45-41(4,5)6)28-30-24-26-32(27-25-30)48-42(7,8)9)43-29-31-18-16-17-23-36(31)49(33-19-12-10-13-20-33)34-21-14-11-15-22-34/h10-27,29,35,37H,28H2,1-9H3,(H,44,47)(H,45,46)/t35-,37+/m0/s1. The highest BCUT2D eigenvalue weighted by molar-refractivity contribution is 7.80. The van der Waals surface area contributed by atoms with Crippen molar-refractivity contribution in [3.8, 4) is 5.75 Å². The van der Waals surface area contributed by atoms with Crippen molar-refractivity contribution in [1.29, 1.82) is 0 Å². The summed E-state index contributed by atoms with van der Waals surface area (Å²) in [6.45, 7) is 17.8. The van der Waals surface area contributed by atoms with Crippen LogP contribution >= 0.6 is 7.92 Å². The fourth-order valence-electron chi connectivity index (χ4n) is 5.42. The molecule has 0 heterocycles. The fraction of sp³-hybridized carbons (Fsp3) is 0.357. The number of hydrogen-bond acceptors (Lipinski definition) is 4. The van der Waals surface area contributed by atoms with Gasteiger partial charge in [0.15, 0.2) is 0 Å². The van der Waals surface area contributed by atoms with E-state index in [0.29, 0.717) is 6.42 Å². The van der Waals surface area contributed by atoms with Gasteiger partial charge in [0.05, 0.1) is 0 Å². The topological polar surface area (TPSA) is 79.8 Å². The summed E-state index contributed by atoms with van der Waals surface area (Å²) < 4.78 is 5.98. The van der Waals surface area contributed by atoms with Crippen LogP contribution in [0.1, 0.15) is 73.4 Å². The van der Waals surface area contributed by atoms with Gasteiger partial charge in [-0.25, -0.2) is 0 Å². The molecule has 0 aliphatic rings. The summed E-state index contributed by atoms with van der Waals surface area (Å²) in [5.41, 5.74) is 0.568. The van der Waals surface area contributed by atoms with Crippen molar-refractivity contribution in [2.75, 3.05) is 0 Å². The molecule has 4 rings (SSSR count). The Balaban J connectivity index is 1.65. The van der Waals surface area contributed by atoms with Crippen molar-refractivity contribution in [2.45, 2.75) is 92.0 Å². The molecular weight excluding hydrogens is 625 g/mol. The van der Waals surface area contributed by atoms with E-state index in [0.717, 1.165) is 22.2 Å². The Morgan fingerprint density at radius 2 is 1.24 bits per heavy atom. The van der Waals surface area contributed by atoms with Gasteiger partial charge in [-0.1, -0.05) is 118 Å². The maximum Gasteiger partial charge on any atom is 0.245 e. The van der Waals surface area contributed by atoms with Gasteiger partial charge in [-0.15, -0.1) is 0 Å². The van der Waals surface area contributed by atoms with Crippen LogP contribution in [0.3, 0.4) is 0 Å². The number of aliphatic imine (C=N–C) groups is 1. The number of ether oxygens (including phenoxy) is 1. The van der Waals surface area contributed by atoms with Crippen molar-refractivity contribution < 1.29 is 14.3 Å². The summed E-state index contributed by atoms with van der Waals surface area (Å²) in [4.78, 5) is 32.7. The lowest BCUT2D eigenvalue weighted by Gasteiger charge is -2.30. The van der Waals surface area contributed by atoms with Crippen LogP contribution < -0.4 is 31.3 Å². The number of carbonyl (C=O) groups excluding carboxylic acids is 2. The van der Waals surface area contributed by atoms with E-state index in [2.05, 4.69) is 77.4 Å². The fourth-order valence-corrected chi connectivity index (χ4v) is 7.84. The largest absolute Gasteiger partial charge is 0.488 e. The molecule has 0 aliphatic heterocycles. The second-order valence-corrected chi connectivity index (χ2v) is 17.7. The molecule has 0 bridgehead atoms. The molecule has 4 aromatic carbocycles. The molecule has 0 unspecified atom stereocenters. The van der Waals surface area contributed by atoms with E-state index in [-0.39, 0.29) is 17.4 Å². The molecule has 0 aliphatic carbocycles. The summed E-state index contributed by atoms with van der Waals surface area (Å²) in [5.74, 6) is 0.215. The molecule has 258 valence electrons. The number of carbonyl (C=O) groups is 2. The molecule has 2 amide bonds. The second kappa shape index (κ2) is 16.0. The number of nitrogens with zero attached hydrogens (tertiary/aromatic N) is 1. The third kappa shape index (κ3) is 11.4. The van der Waals surface area contributed by atoms with Crippen molar-refractivity contribution in [3.05, 3.63) is 120 Å². The highest BCUT2D eigenvalue weighted by Crippen LogP contribution is 2.34. The van der Waals surface area contributed by atoms with E-state index >= 15 is 0 Å². The van der Waals surface area contributed by atoms with Crippen molar-refractivity contribution in [3.63, 3.8) is 0 Å².